The van der Waals surface area contributed by atoms with E-state index in [0.29, 0.717) is 19.2 Å². The van der Waals surface area contributed by atoms with Gasteiger partial charge in [-0.1, -0.05) is 0 Å². The van der Waals surface area contributed by atoms with Crippen LogP contribution in [0.3, 0.4) is 0 Å². The van der Waals surface area contributed by atoms with Crippen molar-refractivity contribution < 1.29 is 47.6 Å². The van der Waals surface area contributed by atoms with Crippen LogP contribution in [-0.4, -0.2) is 93.8 Å². The number of carbonyl (C=O) groups excluding carboxylic acids is 1. The fourth-order valence-electron chi connectivity index (χ4n) is 2.19. The number of β-amino-alcohol motifs (C(OH)–C–C–N with tert-alkyl or cyclic N) is 1. The highest BCUT2D eigenvalue weighted by molar-refractivity contribution is 5.77. The molecule has 1 saturated heterocycles. The summed E-state index contributed by atoms with van der Waals surface area (Å²) in [5, 5.41) is 27.0. The number of anilines is 1. The number of amides is 1. The lowest BCUT2D eigenvalue weighted by Gasteiger charge is -2.33. The van der Waals surface area contributed by atoms with Crippen LogP contribution in [-0.2, 0) is 25.2 Å². The van der Waals surface area contributed by atoms with Crippen molar-refractivity contribution in [1.29, 1.82) is 0 Å². The van der Waals surface area contributed by atoms with E-state index in [-0.39, 0.29) is 38.1 Å². The number of alkyl halides is 3. The van der Waals surface area contributed by atoms with Crippen molar-refractivity contribution in [3.8, 4) is 0 Å². The second kappa shape index (κ2) is 12.2. The van der Waals surface area contributed by atoms with Crippen LogP contribution < -0.4 is 5.73 Å². The molecule has 0 aliphatic carbocycles. The van der Waals surface area contributed by atoms with E-state index in [1.807, 2.05) is 0 Å². The smallest absolute Gasteiger partial charge is 0.434 e. The number of hydrogen-bond acceptors (Lipinski definition) is 9. The van der Waals surface area contributed by atoms with E-state index in [2.05, 4.69) is 9.97 Å². The fourth-order valence-corrected chi connectivity index (χ4v) is 2.19. The number of rotatable bonds is 7. The highest BCUT2D eigenvalue weighted by Crippen LogP contribution is 2.26. The first kappa shape index (κ1) is 25.5. The molecule has 1 aromatic heterocycles. The minimum absolute atomic E-state index is 0.0961. The van der Waals surface area contributed by atoms with Crippen LogP contribution in [0.5, 0.6) is 0 Å². The van der Waals surface area contributed by atoms with E-state index >= 15 is 0 Å². The highest BCUT2D eigenvalue weighted by atomic mass is 19.4. The predicted molar refractivity (Wildman–Crippen MR) is 93.9 cm³/mol. The second-order valence-corrected chi connectivity index (χ2v) is 6.09. The number of ether oxygens (including phenoxy) is 2. The van der Waals surface area contributed by atoms with Gasteiger partial charge in [-0.05, 0) is 6.42 Å². The summed E-state index contributed by atoms with van der Waals surface area (Å²) >= 11 is 0. The van der Waals surface area contributed by atoms with Gasteiger partial charge in [0.2, 0.25) is 5.91 Å². The number of likely N-dealkylation sites (tertiary alicyclic amines) is 1. The van der Waals surface area contributed by atoms with Gasteiger partial charge >= 0.3 is 12.1 Å². The van der Waals surface area contributed by atoms with Crippen molar-refractivity contribution in [3.05, 3.63) is 18.1 Å². The molecule has 30 heavy (non-hydrogen) atoms. The lowest BCUT2D eigenvalue weighted by atomic mass is 10.1. The lowest BCUT2D eigenvalue weighted by Crippen LogP contribution is -2.50. The Morgan fingerprint density at radius 1 is 1.17 bits per heavy atom. The van der Waals surface area contributed by atoms with Crippen molar-refractivity contribution in [2.24, 2.45) is 0 Å². The van der Waals surface area contributed by atoms with E-state index in [9.17, 15) is 33.0 Å². The summed E-state index contributed by atoms with van der Waals surface area (Å²) in [6, 6.07) is 0. The molecule has 0 spiro atoms. The van der Waals surface area contributed by atoms with Crippen LogP contribution in [0.1, 0.15) is 12.1 Å². The van der Waals surface area contributed by atoms with Gasteiger partial charge in [0.15, 0.2) is 5.69 Å². The van der Waals surface area contributed by atoms with Gasteiger partial charge in [-0.15, -0.1) is 0 Å². The quantitative estimate of drug-likeness (QED) is 0.391. The molecule has 1 aliphatic heterocycles. The van der Waals surface area contributed by atoms with E-state index in [1.54, 1.807) is 0 Å². The Morgan fingerprint density at radius 3 is 2.30 bits per heavy atom. The summed E-state index contributed by atoms with van der Waals surface area (Å²) in [6.45, 7) is 0.153. The normalized spacial score (nSPS) is 19.0. The maximum Gasteiger partial charge on any atom is 0.434 e. The molecule has 1 aliphatic rings. The molecule has 2 atom stereocenters. The number of aliphatic hydroxyl groups is 2. The zero-order valence-electron chi connectivity index (χ0n) is 15.8. The minimum atomic E-state index is -4.47. The number of nitrogens with zero attached hydrogens (tertiary/aromatic N) is 3. The SMILES string of the molecule is Nc1cncc(C(F)(F)F)n1.O=C(O)COCCOCC(=O)N1CCC(O)C(O)C1. The molecule has 1 aromatic rings. The third kappa shape index (κ3) is 9.78. The number of halogens is 3. The fraction of sp³-hybridized carbons (Fsp3) is 0.625. The summed E-state index contributed by atoms with van der Waals surface area (Å²) in [4.78, 5) is 29.5. The lowest BCUT2D eigenvalue weighted by molar-refractivity contribution is -0.146. The zero-order chi connectivity index (χ0) is 22.7. The van der Waals surface area contributed by atoms with Crippen molar-refractivity contribution >= 4 is 17.7 Å². The summed E-state index contributed by atoms with van der Waals surface area (Å²) < 4.78 is 45.2. The largest absolute Gasteiger partial charge is 0.480 e. The van der Waals surface area contributed by atoms with E-state index in [4.69, 9.17) is 20.3 Å². The van der Waals surface area contributed by atoms with Gasteiger partial charge in [-0.25, -0.2) is 9.78 Å². The minimum Gasteiger partial charge on any atom is -0.480 e. The number of nitrogens with two attached hydrogens (primary N) is 1. The maximum atomic E-state index is 11.8. The van der Waals surface area contributed by atoms with Crippen LogP contribution in [0.15, 0.2) is 12.4 Å². The number of carbonyl (C=O) groups is 2. The Morgan fingerprint density at radius 2 is 1.80 bits per heavy atom. The molecule has 1 fully saturated rings. The van der Waals surface area contributed by atoms with E-state index < -0.39 is 36.7 Å². The third-order valence-corrected chi connectivity index (χ3v) is 3.67. The molecule has 1 amide bonds. The summed E-state index contributed by atoms with van der Waals surface area (Å²) in [6.07, 6.45) is -4.16. The number of aromatic nitrogens is 2. The van der Waals surface area contributed by atoms with Crippen LogP contribution >= 0.6 is 0 Å². The number of carboxylic acids is 1. The second-order valence-electron chi connectivity index (χ2n) is 6.09. The topological polar surface area (TPSA) is 168 Å². The van der Waals surface area contributed by atoms with Gasteiger partial charge in [0.1, 0.15) is 19.0 Å². The van der Waals surface area contributed by atoms with Crippen LogP contribution in [0.25, 0.3) is 0 Å². The molecular weight excluding hydrogens is 417 g/mol. The molecule has 14 heteroatoms. The number of aliphatic hydroxyl groups excluding tert-OH is 2. The molecule has 170 valence electrons. The highest BCUT2D eigenvalue weighted by Gasteiger charge is 2.33. The molecule has 0 radical (unpaired) electrons. The molecule has 11 nitrogen and oxygen atoms in total. The summed E-state index contributed by atoms with van der Waals surface area (Å²) in [7, 11) is 0. The Labute approximate surface area is 169 Å². The summed E-state index contributed by atoms with van der Waals surface area (Å²) in [5.74, 6) is -1.57. The van der Waals surface area contributed by atoms with Gasteiger partial charge in [0.05, 0.1) is 37.8 Å². The van der Waals surface area contributed by atoms with Gasteiger partial charge in [-0.2, -0.15) is 13.2 Å². The molecule has 2 rings (SSSR count). The number of hydrogen-bond donors (Lipinski definition) is 4. The van der Waals surface area contributed by atoms with Crippen molar-refractivity contribution in [1.82, 2.24) is 14.9 Å². The van der Waals surface area contributed by atoms with Crippen LogP contribution in [0, 0.1) is 0 Å². The van der Waals surface area contributed by atoms with Gasteiger partial charge < -0.3 is 35.4 Å². The van der Waals surface area contributed by atoms with Crippen molar-refractivity contribution in [3.63, 3.8) is 0 Å². The Balaban J connectivity index is 0.000000346. The molecule has 2 heterocycles. The van der Waals surface area contributed by atoms with Crippen LogP contribution in [0.2, 0.25) is 0 Å². The van der Waals surface area contributed by atoms with Gasteiger partial charge in [-0.3, -0.25) is 9.78 Å². The molecular formula is C16H23F3N4O7. The molecule has 2 unspecified atom stereocenters. The Bertz CT molecular complexity index is 693. The third-order valence-electron chi connectivity index (χ3n) is 3.67. The number of carboxylic acid groups (broad SMARTS) is 1. The average Bonchev–Trinajstić information content (AvgIpc) is 2.66. The average molecular weight is 440 g/mol. The van der Waals surface area contributed by atoms with Crippen LogP contribution in [0.4, 0.5) is 19.0 Å². The number of piperidine rings is 1. The Hall–Kier alpha value is -2.55. The molecule has 0 aromatic carbocycles. The number of aliphatic carboxylic acids is 1. The first-order valence-electron chi connectivity index (χ1n) is 8.66. The zero-order valence-corrected chi connectivity index (χ0v) is 15.8. The monoisotopic (exact) mass is 440 g/mol. The van der Waals surface area contributed by atoms with Crippen molar-refractivity contribution in [2.75, 3.05) is 45.3 Å². The van der Waals surface area contributed by atoms with E-state index in [1.165, 1.54) is 4.90 Å². The van der Waals surface area contributed by atoms with Gasteiger partial charge in [0, 0.05) is 13.1 Å². The van der Waals surface area contributed by atoms with Crippen molar-refractivity contribution in [2.45, 2.75) is 24.8 Å². The molecule has 0 saturated carbocycles. The standard InChI is InChI=1S/C11H19NO7.C5H4F3N3/c13-8-1-2-12(5-9(8)14)10(15)6-18-3-4-19-7-11(16)17;6-5(7,8)3-1-10-2-4(9)11-3/h8-9,13-14H,1-7H2,(H,16,17);1-2H,(H2,9,11). The number of nitrogen functional groups attached to an aromatic ring is 1. The Kier molecular flexibility index (Phi) is 10.4. The van der Waals surface area contributed by atoms with Gasteiger partial charge in [0.25, 0.3) is 0 Å². The molecule has 5 N–H and O–H groups in total. The summed E-state index contributed by atoms with van der Waals surface area (Å²) in [5.41, 5.74) is 3.91. The first-order valence-corrected chi connectivity index (χ1v) is 8.66. The maximum absolute atomic E-state index is 11.8. The predicted octanol–water partition coefficient (Wildman–Crippen LogP) is -0.864. The molecule has 0 bridgehead atoms. The van der Waals surface area contributed by atoms with E-state index in [0.717, 1.165) is 6.20 Å². The first-order chi connectivity index (χ1) is 14.0.